The number of benzene rings is 2. The number of alkyl halides is 1. The molecule has 180 valence electrons. The fraction of sp³-hybridized carbons (Fsp3) is 0.200. The van der Waals surface area contributed by atoms with Crippen LogP contribution in [0.5, 0.6) is 5.75 Å². The zero-order valence-electron chi connectivity index (χ0n) is 18.6. The highest BCUT2D eigenvalue weighted by Gasteiger charge is 2.12. The second kappa shape index (κ2) is 11.8. The van der Waals surface area contributed by atoms with Crippen molar-refractivity contribution in [3.8, 4) is 17.0 Å². The number of aromatic nitrogens is 3. The van der Waals surface area contributed by atoms with Gasteiger partial charge in [0.2, 0.25) is 5.28 Å². The summed E-state index contributed by atoms with van der Waals surface area (Å²) in [6, 6.07) is 14.4. The van der Waals surface area contributed by atoms with Crippen molar-refractivity contribution in [2.75, 3.05) is 19.1 Å². The summed E-state index contributed by atoms with van der Waals surface area (Å²) in [4.78, 5) is 18.9. The number of hydrogen-bond acceptors (Lipinski definition) is 6. The Kier molecular flexibility index (Phi) is 8.31. The maximum atomic E-state index is 11.1. The molecule has 10 heteroatoms. The summed E-state index contributed by atoms with van der Waals surface area (Å²) in [5.41, 5.74) is 3.38. The predicted molar refractivity (Wildman–Crippen MR) is 136 cm³/mol. The van der Waals surface area contributed by atoms with Gasteiger partial charge in [-0.05, 0) is 41.3 Å². The van der Waals surface area contributed by atoms with Gasteiger partial charge in [-0.2, -0.15) is 0 Å². The molecule has 4 rings (SSSR count). The van der Waals surface area contributed by atoms with Crippen molar-refractivity contribution in [2.45, 2.75) is 13.2 Å². The molecule has 0 saturated carbocycles. The first kappa shape index (κ1) is 24.7. The van der Waals surface area contributed by atoms with Gasteiger partial charge in [-0.25, -0.2) is 9.97 Å². The van der Waals surface area contributed by atoms with Gasteiger partial charge in [0.25, 0.3) is 5.69 Å². The zero-order valence-corrected chi connectivity index (χ0v) is 20.2. The SMILES string of the molecule is O=[N+]([O-])c1ccc(OCCCl)c(COC/C=C/Cn2ccc3ccc(-c4ccnc(Cl)n4)cc32)c1. The van der Waals surface area contributed by atoms with E-state index < -0.39 is 4.92 Å². The molecule has 8 nitrogen and oxygen atoms in total. The van der Waals surface area contributed by atoms with E-state index in [9.17, 15) is 10.1 Å². The molecule has 0 saturated heterocycles. The van der Waals surface area contributed by atoms with Crippen molar-refractivity contribution in [1.82, 2.24) is 14.5 Å². The number of nitrogens with zero attached hydrogens (tertiary/aromatic N) is 4. The number of nitro groups is 1. The van der Waals surface area contributed by atoms with Crippen LogP contribution in [0.1, 0.15) is 5.56 Å². The summed E-state index contributed by atoms with van der Waals surface area (Å²) < 4.78 is 13.4. The van der Waals surface area contributed by atoms with E-state index in [0.717, 1.165) is 22.2 Å². The lowest BCUT2D eigenvalue weighted by Crippen LogP contribution is -2.03. The van der Waals surface area contributed by atoms with Gasteiger partial charge in [-0.1, -0.05) is 24.3 Å². The molecule has 0 aliphatic heterocycles. The van der Waals surface area contributed by atoms with Crippen LogP contribution in [0.15, 0.2) is 73.1 Å². The van der Waals surface area contributed by atoms with Gasteiger partial charge in [0.1, 0.15) is 12.4 Å². The highest BCUT2D eigenvalue weighted by Crippen LogP contribution is 2.26. The van der Waals surface area contributed by atoms with Crippen molar-refractivity contribution in [3.05, 3.63) is 94.0 Å². The molecule has 2 aromatic carbocycles. The molecule has 0 unspecified atom stereocenters. The van der Waals surface area contributed by atoms with E-state index in [0.29, 0.717) is 37.0 Å². The number of hydrogen-bond donors (Lipinski definition) is 0. The van der Waals surface area contributed by atoms with Gasteiger partial charge < -0.3 is 14.0 Å². The molecular formula is C25H22Cl2N4O4. The van der Waals surface area contributed by atoms with Gasteiger partial charge >= 0.3 is 0 Å². The van der Waals surface area contributed by atoms with Crippen molar-refractivity contribution in [2.24, 2.45) is 0 Å². The molecule has 0 N–H and O–H groups in total. The minimum Gasteiger partial charge on any atom is -0.492 e. The Morgan fingerprint density at radius 3 is 2.80 bits per heavy atom. The number of non-ortho nitro benzene ring substituents is 1. The van der Waals surface area contributed by atoms with Gasteiger partial charge in [-0.15, -0.1) is 11.6 Å². The van der Waals surface area contributed by atoms with Gasteiger partial charge in [0.15, 0.2) is 0 Å². The Labute approximate surface area is 211 Å². The lowest BCUT2D eigenvalue weighted by Gasteiger charge is -2.10. The monoisotopic (exact) mass is 512 g/mol. The average molecular weight is 513 g/mol. The Morgan fingerprint density at radius 1 is 1.11 bits per heavy atom. The van der Waals surface area contributed by atoms with E-state index in [1.165, 1.54) is 12.1 Å². The third-order valence-corrected chi connectivity index (χ3v) is 5.56. The second-order valence-electron chi connectivity index (χ2n) is 7.53. The minimum absolute atomic E-state index is 0.0135. The number of fused-ring (bicyclic) bond motifs is 1. The normalized spacial score (nSPS) is 11.4. The topological polar surface area (TPSA) is 92.3 Å². The van der Waals surface area contributed by atoms with E-state index in [1.54, 1.807) is 12.3 Å². The van der Waals surface area contributed by atoms with Gasteiger partial charge in [0, 0.05) is 47.7 Å². The first-order chi connectivity index (χ1) is 17.0. The van der Waals surface area contributed by atoms with E-state index in [-0.39, 0.29) is 17.6 Å². The molecule has 0 aliphatic rings. The molecule has 0 atom stereocenters. The molecule has 2 aromatic heterocycles. The molecule has 0 bridgehead atoms. The van der Waals surface area contributed by atoms with E-state index in [4.69, 9.17) is 32.7 Å². The van der Waals surface area contributed by atoms with Crippen LogP contribution < -0.4 is 4.74 Å². The molecule has 0 spiro atoms. The number of rotatable bonds is 11. The summed E-state index contributed by atoms with van der Waals surface area (Å²) in [7, 11) is 0. The van der Waals surface area contributed by atoms with E-state index in [2.05, 4.69) is 26.7 Å². The van der Waals surface area contributed by atoms with Crippen LogP contribution in [0.4, 0.5) is 5.69 Å². The third kappa shape index (κ3) is 6.36. The van der Waals surface area contributed by atoms with Crippen molar-refractivity contribution in [3.63, 3.8) is 0 Å². The summed E-state index contributed by atoms with van der Waals surface area (Å²) in [5, 5.41) is 12.4. The number of ether oxygens (including phenoxy) is 2. The molecule has 2 heterocycles. The average Bonchev–Trinajstić information content (AvgIpc) is 3.27. The molecule has 35 heavy (non-hydrogen) atoms. The smallest absolute Gasteiger partial charge is 0.270 e. The molecule has 4 aromatic rings. The van der Waals surface area contributed by atoms with Crippen LogP contribution in [0.25, 0.3) is 22.2 Å². The van der Waals surface area contributed by atoms with Crippen molar-refractivity contribution < 1.29 is 14.4 Å². The Bertz CT molecular complexity index is 1360. The van der Waals surface area contributed by atoms with Crippen LogP contribution >= 0.6 is 23.2 Å². The minimum atomic E-state index is -0.444. The second-order valence-corrected chi connectivity index (χ2v) is 8.24. The summed E-state index contributed by atoms with van der Waals surface area (Å²) in [6.45, 7) is 1.49. The Hall–Kier alpha value is -3.46. The third-order valence-electron chi connectivity index (χ3n) is 5.23. The molecular weight excluding hydrogens is 491 g/mol. The lowest BCUT2D eigenvalue weighted by atomic mass is 10.1. The summed E-state index contributed by atoms with van der Waals surface area (Å²) >= 11 is 11.6. The van der Waals surface area contributed by atoms with Gasteiger partial charge in [-0.3, -0.25) is 10.1 Å². The largest absolute Gasteiger partial charge is 0.492 e. The molecule has 0 aliphatic carbocycles. The van der Waals surface area contributed by atoms with Crippen LogP contribution in [0.3, 0.4) is 0 Å². The van der Waals surface area contributed by atoms with Crippen LogP contribution in [-0.4, -0.2) is 38.6 Å². The number of allylic oxidation sites excluding steroid dienone is 1. The fourth-order valence-corrected chi connectivity index (χ4v) is 3.80. The molecule has 0 amide bonds. The molecule has 0 fully saturated rings. The molecule has 0 radical (unpaired) electrons. The highest BCUT2D eigenvalue weighted by atomic mass is 35.5. The van der Waals surface area contributed by atoms with Gasteiger partial charge in [0.05, 0.1) is 29.7 Å². The number of halogens is 2. The zero-order chi connectivity index (χ0) is 24.6. The predicted octanol–water partition coefficient (Wildman–Crippen LogP) is 6.05. The Balaban J connectivity index is 1.37. The Morgan fingerprint density at radius 2 is 2.00 bits per heavy atom. The summed E-state index contributed by atoms with van der Waals surface area (Å²) in [5.74, 6) is 0.849. The van der Waals surface area contributed by atoms with E-state index >= 15 is 0 Å². The van der Waals surface area contributed by atoms with Crippen molar-refractivity contribution >= 4 is 39.8 Å². The lowest BCUT2D eigenvalue weighted by molar-refractivity contribution is -0.385. The highest BCUT2D eigenvalue weighted by molar-refractivity contribution is 6.28. The van der Waals surface area contributed by atoms with Crippen molar-refractivity contribution in [1.29, 1.82) is 0 Å². The fourth-order valence-electron chi connectivity index (χ4n) is 3.57. The van der Waals surface area contributed by atoms with Crippen LogP contribution in [0, 0.1) is 10.1 Å². The van der Waals surface area contributed by atoms with Crippen LogP contribution in [-0.2, 0) is 17.9 Å². The van der Waals surface area contributed by atoms with Crippen LogP contribution in [0.2, 0.25) is 5.28 Å². The number of nitro benzene ring substituents is 1. The standard InChI is InChI=1S/C25H22Cl2N4O4/c26-9-14-35-24-6-5-21(31(32)33)15-20(24)17-34-13-2-1-11-30-12-8-18-3-4-19(16-23(18)30)22-7-10-28-25(27)29-22/h1-8,10,12,15-16H,9,11,13-14,17H2/b2-1+. The maximum Gasteiger partial charge on any atom is 0.270 e. The quantitative estimate of drug-likeness (QED) is 0.0606. The maximum absolute atomic E-state index is 11.1. The van der Waals surface area contributed by atoms with E-state index in [1.807, 2.05) is 36.5 Å². The summed E-state index contributed by atoms with van der Waals surface area (Å²) in [6.07, 6.45) is 7.58. The first-order valence-electron chi connectivity index (χ1n) is 10.8. The first-order valence-corrected chi connectivity index (χ1v) is 11.7.